The van der Waals surface area contributed by atoms with E-state index in [0.717, 1.165) is 9.27 Å². The Morgan fingerprint density at radius 2 is 1.76 bits per heavy atom. The monoisotopic (exact) mass is 471 g/mol. The van der Waals surface area contributed by atoms with Crippen molar-refractivity contribution < 1.29 is 9.59 Å². The average Bonchev–Trinajstić information content (AvgIpc) is 3.20. The van der Waals surface area contributed by atoms with E-state index in [4.69, 9.17) is 0 Å². The molecule has 2 amide bonds. The number of aromatic amines is 1. The minimum absolute atomic E-state index is 0.178. The highest BCUT2D eigenvalue weighted by Gasteiger charge is 2.14. The molecule has 3 aromatic carbocycles. The number of rotatable bonds is 4. The van der Waals surface area contributed by atoms with Crippen LogP contribution in [0.25, 0.3) is 26.8 Å². The molecule has 0 bridgehead atoms. The van der Waals surface area contributed by atoms with Crippen molar-refractivity contribution in [2.24, 2.45) is 0 Å². The second-order valence-corrected chi connectivity index (χ2v) is 8.53. The van der Waals surface area contributed by atoms with Crippen molar-refractivity contribution in [2.75, 3.05) is 10.6 Å². The molecule has 2 aromatic heterocycles. The van der Waals surface area contributed by atoms with Crippen LogP contribution in [0.15, 0.2) is 76.3 Å². The Hall–Kier alpha value is -4.57. The van der Waals surface area contributed by atoms with Gasteiger partial charge in [-0.05, 0) is 48.5 Å². The summed E-state index contributed by atoms with van der Waals surface area (Å²) in [6.07, 6.45) is 0. The fourth-order valence-corrected chi connectivity index (χ4v) is 4.50. The predicted molar refractivity (Wildman–Crippen MR) is 132 cm³/mol. The number of nitrogens with one attached hydrogen (secondary N) is 3. The SMILES string of the molecule is CC(=O)Nc1ccc2nc(NC(=O)c3ccc4c(=O)n(-c5ccccc5)c(=O)[nH]c4c3)sc2c1. The number of carbonyl (C=O) groups is 2. The van der Waals surface area contributed by atoms with Crippen molar-refractivity contribution in [1.29, 1.82) is 0 Å². The zero-order valence-electron chi connectivity index (χ0n) is 17.8. The van der Waals surface area contributed by atoms with Crippen LogP contribution in [-0.2, 0) is 4.79 Å². The molecule has 0 aliphatic heterocycles. The molecule has 10 heteroatoms. The lowest BCUT2D eigenvalue weighted by Crippen LogP contribution is -2.33. The number of carbonyl (C=O) groups excluding carboxylic acids is 2. The van der Waals surface area contributed by atoms with Crippen molar-refractivity contribution in [2.45, 2.75) is 6.92 Å². The molecule has 9 nitrogen and oxygen atoms in total. The first-order chi connectivity index (χ1) is 16.4. The topological polar surface area (TPSA) is 126 Å². The van der Waals surface area contributed by atoms with Gasteiger partial charge in [-0.25, -0.2) is 14.3 Å². The van der Waals surface area contributed by atoms with E-state index < -0.39 is 17.2 Å². The summed E-state index contributed by atoms with van der Waals surface area (Å²) in [5.41, 5.74) is 1.23. The number of para-hydroxylation sites is 1. The third kappa shape index (κ3) is 3.97. The second-order valence-electron chi connectivity index (χ2n) is 7.50. The molecule has 5 rings (SSSR count). The number of fused-ring (bicyclic) bond motifs is 2. The van der Waals surface area contributed by atoms with Crippen LogP contribution in [0.2, 0.25) is 0 Å². The summed E-state index contributed by atoms with van der Waals surface area (Å²) in [5.74, 6) is -0.613. The van der Waals surface area contributed by atoms with E-state index in [9.17, 15) is 19.2 Å². The number of hydrogen-bond donors (Lipinski definition) is 3. The molecule has 0 saturated heterocycles. The number of hydrogen-bond acceptors (Lipinski definition) is 6. The van der Waals surface area contributed by atoms with Crippen LogP contribution in [0.3, 0.4) is 0 Å². The van der Waals surface area contributed by atoms with Crippen molar-refractivity contribution in [1.82, 2.24) is 14.5 Å². The van der Waals surface area contributed by atoms with Gasteiger partial charge in [0.15, 0.2) is 5.13 Å². The minimum atomic E-state index is -0.595. The standard InChI is InChI=1S/C24H17N5O4S/c1-13(30)25-15-8-10-18-20(12-15)34-23(26-18)28-21(31)14-7-9-17-19(11-14)27-24(33)29(22(17)32)16-5-3-2-4-6-16/h2-12H,1H3,(H,25,30)(H,27,33)(H,26,28,31). The van der Waals surface area contributed by atoms with Crippen LogP contribution in [0, 0.1) is 0 Å². The number of aromatic nitrogens is 3. The molecule has 2 heterocycles. The summed E-state index contributed by atoms with van der Waals surface area (Å²) in [6, 6.07) is 18.4. The summed E-state index contributed by atoms with van der Waals surface area (Å²) in [7, 11) is 0. The summed E-state index contributed by atoms with van der Waals surface area (Å²) in [4.78, 5) is 56.7. The summed E-state index contributed by atoms with van der Waals surface area (Å²) >= 11 is 1.26. The predicted octanol–water partition coefficient (Wildman–Crippen LogP) is 3.50. The quantitative estimate of drug-likeness (QED) is 0.370. The van der Waals surface area contributed by atoms with Gasteiger partial charge in [-0.3, -0.25) is 19.7 Å². The molecule has 0 radical (unpaired) electrons. The van der Waals surface area contributed by atoms with Gasteiger partial charge in [0.05, 0.1) is 26.8 Å². The van der Waals surface area contributed by atoms with Gasteiger partial charge in [0.25, 0.3) is 11.5 Å². The summed E-state index contributed by atoms with van der Waals surface area (Å²) < 4.78 is 1.85. The molecule has 34 heavy (non-hydrogen) atoms. The molecular formula is C24H17N5O4S. The normalized spacial score (nSPS) is 11.0. The maximum absolute atomic E-state index is 12.9. The molecule has 5 aromatic rings. The average molecular weight is 471 g/mol. The third-order valence-corrected chi connectivity index (χ3v) is 6.04. The highest BCUT2D eigenvalue weighted by molar-refractivity contribution is 7.22. The molecule has 0 saturated carbocycles. The van der Waals surface area contributed by atoms with Gasteiger partial charge in [-0.1, -0.05) is 29.5 Å². The number of amides is 2. The smallest absolute Gasteiger partial charge is 0.326 e. The van der Waals surface area contributed by atoms with Crippen molar-refractivity contribution in [3.05, 3.63) is 93.1 Å². The van der Waals surface area contributed by atoms with E-state index in [1.165, 1.54) is 36.5 Å². The van der Waals surface area contributed by atoms with Gasteiger partial charge in [-0.15, -0.1) is 0 Å². The minimum Gasteiger partial charge on any atom is -0.326 e. The summed E-state index contributed by atoms with van der Waals surface area (Å²) in [5, 5.41) is 6.12. The van der Waals surface area contributed by atoms with Gasteiger partial charge in [0.2, 0.25) is 5.91 Å². The van der Waals surface area contributed by atoms with Crippen molar-refractivity contribution in [3.8, 4) is 5.69 Å². The lowest BCUT2D eigenvalue weighted by Gasteiger charge is -2.07. The van der Waals surface area contributed by atoms with Crippen LogP contribution in [0.1, 0.15) is 17.3 Å². The van der Waals surface area contributed by atoms with Gasteiger partial charge in [0.1, 0.15) is 0 Å². The van der Waals surface area contributed by atoms with E-state index in [2.05, 4.69) is 20.6 Å². The molecule has 3 N–H and O–H groups in total. The fraction of sp³-hybridized carbons (Fsp3) is 0.0417. The van der Waals surface area contributed by atoms with Crippen molar-refractivity contribution >= 4 is 55.1 Å². The molecule has 168 valence electrons. The Labute approximate surface area is 195 Å². The Kier molecular flexibility index (Phi) is 5.27. The number of benzene rings is 3. The maximum atomic E-state index is 12.9. The largest absolute Gasteiger partial charge is 0.333 e. The number of nitrogens with zero attached hydrogens (tertiary/aromatic N) is 2. The van der Waals surface area contributed by atoms with E-state index in [1.54, 1.807) is 48.5 Å². The molecule has 0 spiro atoms. The molecule has 0 aliphatic rings. The van der Waals surface area contributed by atoms with Gasteiger partial charge in [-0.2, -0.15) is 0 Å². The first-order valence-electron chi connectivity index (χ1n) is 10.2. The number of H-pyrrole nitrogens is 1. The van der Waals surface area contributed by atoms with Crippen molar-refractivity contribution in [3.63, 3.8) is 0 Å². The van der Waals surface area contributed by atoms with Crippen LogP contribution in [-0.4, -0.2) is 26.3 Å². The molecule has 0 atom stereocenters. The van der Waals surface area contributed by atoms with E-state index in [1.807, 2.05) is 0 Å². The fourth-order valence-electron chi connectivity index (χ4n) is 3.60. The van der Waals surface area contributed by atoms with Gasteiger partial charge >= 0.3 is 5.69 Å². The van der Waals surface area contributed by atoms with Crippen LogP contribution in [0.4, 0.5) is 10.8 Å². The lowest BCUT2D eigenvalue weighted by molar-refractivity contribution is -0.114. The van der Waals surface area contributed by atoms with E-state index in [0.29, 0.717) is 22.0 Å². The second kappa shape index (κ2) is 8.41. The van der Waals surface area contributed by atoms with Gasteiger partial charge < -0.3 is 10.3 Å². The maximum Gasteiger partial charge on any atom is 0.333 e. The van der Waals surface area contributed by atoms with E-state index in [-0.39, 0.29) is 22.4 Å². The summed E-state index contributed by atoms with van der Waals surface area (Å²) in [6.45, 7) is 1.43. The first-order valence-corrected chi connectivity index (χ1v) is 11.0. The van der Waals surface area contributed by atoms with Crippen LogP contribution >= 0.6 is 11.3 Å². The Morgan fingerprint density at radius 3 is 2.53 bits per heavy atom. The molecular weight excluding hydrogens is 454 g/mol. The molecule has 0 fully saturated rings. The highest BCUT2D eigenvalue weighted by Crippen LogP contribution is 2.29. The Morgan fingerprint density at radius 1 is 0.971 bits per heavy atom. The Bertz CT molecular complexity index is 1700. The van der Waals surface area contributed by atoms with Crippen LogP contribution in [0.5, 0.6) is 0 Å². The van der Waals surface area contributed by atoms with Gasteiger partial charge in [0, 0.05) is 18.2 Å². The zero-order chi connectivity index (χ0) is 23.8. The third-order valence-electron chi connectivity index (χ3n) is 5.10. The Balaban J connectivity index is 1.45. The highest BCUT2D eigenvalue weighted by atomic mass is 32.1. The lowest BCUT2D eigenvalue weighted by atomic mass is 10.1. The first kappa shape index (κ1) is 21.3. The molecule has 0 aliphatic carbocycles. The van der Waals surface area contributed by atoms with Crippen LogP contribution < -0.4 is 21.9 Å². The number of thiazole rings is 1. The zero-order valence-corrected chi connectivity index (χ0v) is 18.6. The van der Waals surface area contributed by atoms with E-state index >= 15 is 0 Å². The molecule has 0 unspecified atom stereocenters. The number of anilines is 2.